The zero-order valence-corrected chi connectivity index (χ0v) is 47.9. The SMILES string of the molecule is CC/C=C\C/C=C\C/C=C\C/C=C\C/C=C\CCCCCC(=O)OC(COC(=O)CCCCCCCCCCC)COC(=O)CCCCCCCCCCCCCCCCCCCCCCCCCCCC. The summed E-state index contributed by atoms with van der Waals surface area (Å²) in [4.78, 5) is 38.1. The summed E-state index contributed by atoms with van der Waals surface area (Å²) in [6.07, 6.45) is 76.8. The monoisotopic (exact) mass is 1010 g/mol. The van der Waals surface area contributed by atoms with Crippen molar-refractivity contribution >= 4 is 17.9 Å². The predicted octanol–water partition coefficient (Wildman–Crippen LogP) is 21.2. The highest BCUT2D eigenvalue weighted by Crippen LogP contribution is 2.17. The van der Waals surface area contributed by atoms with Gasteiger partial charge in [0.1, 0.15) is 13.2 Å². The van der Waals surface area contributed by atoms with E-state index in [9.17, 15) is 14.4 Å². The number of carbonyl (C=O) groups is 3. The van der Waals surface area contributed by atoms with Gasteiger partial charge in [-0.2, -0.15) is 0 Å². The Bertz CT molecular complexity index is 1290. The van der Waals surface area contributed by atoms with Crippen LogP contribution in [0.4, 0.5) is 0 Å². The van der Waals surface area contributed by atoms with Crippen molar-refractivity contribution in [3.8, 4) is 0 Å². The molecule has 0 amide bonds. The van der Waals surface area contributed by atoms with E-state index < -0.39 is 6.10 Å². The number of ether oxygens (including phenoxy) is 3. The first kappa shape index (κ1) is 69.1. The molecule has 0 spiro atoms. The van der Waals surface area contributed by atoms with Crippen molar-refractivity contribution in [2.45, 2.75) is 329 Å². The summed E-state index contributed by atoms with van der Waals surface area (Å²) in [6, 6.07) is 0. The average molecular weight is 1010 g/mol. The topological polar surface area (TPSA) is 78.9 Å². The molecular weight excluding hydrogens is 889 g/mol. The Morgan fingerprint density at radius 2 is 0.542 bits per heavy atom. The molecule has 0 aliphatic carbocycles. The lowest BCUT2D eigenvalue weighted by atomic mass is 10.0. The molecule has 418 valence electrons. The van der Waals surface area contributed by atoms with Crippen molar-refractivity contribution in [1.29, 1.82) is 0 Å². The Hall–Kier alpha value is -2.89. The van der Waals surface area contributed by atoms with Gasteiger partial charge in [-0.25, -0.2) is 0 Å². The molecule has 0 aromatic heterocycles. The third-order valence-electron chi connectivity index (χ3n) is 13.8. The summed E-state index contributed by atoms with van der Waals surface area (Å²) in [5, 5.41) is 0. The normalized spacial score (nSPS) is 12.4. The van der Waals surface area contributed by atoms with Gasteiger partial charge in [-0.15, -0.1) is 0 Å². The molecule has 0 aromatic rings. The third-order valence-corrected chi connectivity index (χ3v) is 13.8. The Morgan fingerprint density at radius 3 is 0.847 bits per heavy atom. The number of unbranched alkanes of at least 4 members (excludes halogenated alkanes) is 36. The smallest absolute Gasteiger partial charge is 0.306 e. The fraction of sp³-hybridized carbons (Fsp3) is 0.803. The molecule has 0 fully saturated rings. The zero-order valence-electron chi connectivity index (χ0n) is 47.9. The molecule has 0 aromatic carbocycles. The van der Waals surface area contributed by atoms with E-state index in [4.69, 9.17) is 14.2 Å². The number of esters is 3. The van der Waals surface area contributed by atoms with Crippen LogP contribution in [0.2, 0.25) is 0 Å². The maximum atomic E-state index is 12.8. The second-order valence-corrected chi connectivity index (χ2v) is 21.0. The molecule has 0 radical (unpaired) electrons. The quantitative estimate of drug-likeness (QED) is 0.0261. The average Bonchev–Trinajstić information content (AvgIpc) is 3.38. The van der Waals surface area contributed by atoms with Crippen molar-refractivity contribution in [2.75, 3.05) is 13.2 Å². The minimum atomic E-state index is -0.788. The zero-order chi connectivity index (χ0) is 52.2. The Labute approximate surface area is 447 Å². The summed E-state index contributed by atoms with van der Waals surface area (Å²) < 4.78 is 16.8. The maximum absolute atomic E-state index is 12.8. The minimum absolute atomic E-state index is 0.0839. The highest BCUT2D eigenvalue weighted by molar-refractivity contribution is 5.71. The van der Waals surface area contributed by atoms with Crippen molar-refractivity contribution in [3.05, 3.63) is 60.8 Å². The van der Waals surface area contributed by atoms with E-state index in [-0.39, 0.29) is 31.1 Å². The largest absolute Gasteiger partial charge is 0.462 e. The molecule has 0 saturated carbocycles. The van der Waals surface area contributed by atoms with Gasteiger partial charge >= 0.3 is 17.9 Å². The van der Waals surface area contributed by atoms with Gasteiger partial charge in [0.2, 0.25) is 0 Å². The fourth-order valence-electron chi connectivity index (χ4n) is 9.12. The molecule has 72 heavy (non-hydrogen) atoms. The molecule has 0 N–H and O–H groups in total. The van der Waals surface area contributed by atoms with E-state index in [1.807, 2.05) is 0 Å². The number of carbonyl (C=O) groups excluding carboxylic acids is 3. The van der Waals surface area contributed by atoms with Crippen molar-refractivity contribution in [1.82, 2.24) is 0 Å². The molecular formula is C66H118O6. The van der Waals surface area contributed by atoms with E-state index >= 15 is 0 Å². The lowest BCUT2D eigenvalue weighted by Crippen LogP contribution is -2.30. The molecule has 1 unspecified atom stereocenters. The number of rotatable bonds is 57. The Balaban J connectivity index is 4.20. The molecule has 6 nitrogen and oxygen atoms in total. The van der Waals surface area contributed by atoms with Crippen LogP contribution in [-0.4, -0.2) is 37.2 Å². The highest BCUT2D eigenvalue weighted by atomic mass is 16.6. The van der Waals surface area contributed by atoms with Gasteiger partial charge in [0.05, 0.1) is 0 Å². The van der Waals surface area contributed by atoms with E-state index in [1.54, 1.807) is 0 Å². The minimum Gasteiger partial charge on any atom is -0.462 e. The molecule has 0 aliphatic heterocycles. The second-order valence-electron chi connectivity index (χ2n) is 21.0. The molecule has 0 rings (SSSR count). The van der Waals surface area contributed by atoms with Crippen molar-refractivity contribution < 1.29 is 28.6 Å². The maximum Gasteiger partial charge on any atom is 0.306 e. The van der Waals surface area contributed by atoms with Gasteiger partial charge in [0.15, 0.2) is 6.10 Å². The van der Waals surface area contributed by atoms with Crippen molar-refractivity contribution in [3.63, 3.8) is 0 Å². The van der Waals surface area contributed by atoms with Crippen LogP contribution in [0.1, 0.15) is 323 Å². The summed E-state index contributed by atoms with van der Waals surface area (Å²) >= 11 is 0. The standard InChI is InChI=1S/C66H118O6/c1-4-7-10-13-16-19-21-23-25-27-29-30-31-32-33-34-35-37-38-40-42-44-47-50-53-56-59-65(68)71-62-63(61-70-64(67)58-55-52-49-46-18-15-12-9-6-3)72-66(69)60-57-54-51-48-45-43-41-39-36-28-26-24-22-20-17-14-11-8-5-2/h8,11,17,20,24,26,36,39,43,45,63H,4-7,9-10,12-16,18-19,21-23,25,27-35,37-38,40-42,44,46-62H2,1-3H3/b11-8-,20-17-,26-24-,39-36-,45-43-. The van der Waals surface area contributed by atoms with Gasteiger partial charge < -0.3 is 14.2 Å². The van der Waals surface area contributed by atoms with E-state index in [0.29, 0.717) is 19.3 Å². The first-order chi connectivity index (χ1) is 35.5. The molecule has 6 heteroatoms. The van der Waals surface area contributed by atoms with E-state index in [0.717, 1.165) is 96.3 Å². The summed E-state index contributed by atoms with van der Waals surface area (Å²) in [5.74, 6) is -0.904. The Morgan fingerprint density at radius 1 is 0.292 bits per heavy atom. The van der Waals surface area contributed by atoms with Crippen LogP contribution < -0.4 is 0 Å². The van der Waals surface area contributed by atoms with Crippen LogP contribution in [0, 0.1) is 0 Å². The van der Waals surface area contributed by atoms with Gasteiger partial charge in [0.25, 0.3) is 0 Å². The third kappa shape index (κ3) is 58.0. The van der Waals surface area contributed by atoms with Crippen LogP contribution >= 0.6 is 0 Å². The van der Waals surface area contributed by atoms with Gasteiger partial charge in [-0.05, 0) is 64.2 Å². The number of hydrogen-bond acceptors (Lipinski definition) is 6. The molecule has 0 heterocycles. The first-order valence-electron chi connectivity index (χ1n) is 31.3. The molecule has 0 bridgehead atoms. The first-order valence-corrected chi connectivity index (χ1v) is 31.3. The van der Waals surface area contributed by atoms with Gasteiger partial charge in [-0.3, -0.25) is 14.4 Å². The summed E-state index contributed by atoms with van der Waals surface area (Å²) in [7, 11) is 0. The van der Waals surface area contributed by atoms with Crippen LogP contribution in [0.25, 0.3) is 0 Å². The van der Waals surface area contributed by atoms with Gasteiger partial charge in [0, 0.05) is 19.3 Å². The predicted molar refractivity (Wildman–Crippen MR) is 312 cm³/mol. The molecule has 1 atom stereocenters. The van der Waals surface area contributed by atoms with E-state index in [2.05, 4.69) is 81.5 Å². The van der Waals surface area contributed by atoms with Crippen LogP contribution in [-0.2, 0) is 28.6 Å². The number of allylic oxidation sites excluding steroid dienone is 10. The van der Waals surface area contributed by atoms with Crippen LogP contribution in [0.15, 0.2) is 60.8 Å². The number of hydrogen-bond donors (Lipinski definition) is 0. The second kappa shape index (κ2) is 60.7. The van der Waals surface area contributed by atoms with Crippen molar-refractivity contribution in [2.24, 2.45) is 0 Å². The van der Waals surface area contributed by atoms with Crippen LogP contribution in [0.5, 0.6) is 0 Å². The lowest BCUT2D eigenvalue weighted by Gasteiger charge is -2.18. The van der Waals surface area contributed by atoms with E-state index in [1.165, 1.54) is 186 Å². The van der Waals surface area contributed by atoms with Gasteiger partial charge in [-0.1, -0.05) is 300 Å². The fourth-order valence-corrected chi connectivity index (χ4v) is 9.12. The summed E-state index contributed by atoms with van der Waals surface area (Å²) in [5.41, 5.74) is 0. The summed E-state index contributed by atoms with van der Waals surface area (Å²) in [6.45, 7) is 6.52. The highest BCUT2D eigenvalue weighted by Gasteiger charge is 2.19. The lowest BCUT2D eigenvalue weighted by molar-refractivity contribution is -0.167. The molecule has 0 saturated heterocycles. The Kier molecular flexibility index (Phi) is 58.2. The molecule has 0 aliphatic rings. The van der Waals surface area contributed by atoms with Crippen LogP contribution in [0.3, 0.4) is 0 Å².